The summed E-state index contributed by atoms with van der Waals surface area (Å²) >= 11 is 0. The van der Waals surface area contributed by atoms with E-state index in [1.165, 1.54) is 0 Å². The minimum atomic E-state index is -1.03. The van der Waals surface area contributed by atoms with E-state index >= 15 is 0 Å². The van der Waals surface area contributed by atoms with Crippen LogP contribution in [0.15, 0.2) is 12.3 Å². The second kappa shape index (κ2) is 7.73. The minimum Gasteiger partial charge on any atom is -0.480 e. The third kappa shape index (κ3) is 7.84. The molecule has 0 aliphatic rings. The molecule has 4 N–H and O–H groups in total. The van der Waals surface area contributed by atoms with Crippen LogP contribution in [0.1, 0.15) is 32.6 Å². The van der Waals surface area contributed by atoms with Gasteiger partial charge in [0, 0.05) is 11.6 Å². The number of amides is 1. The number of carbonyl (C=O) groups is 2. The lowest BCUT2D eigenvalue weighted by atomic mass is 10.0. The van der Waals surface area contributed by atoms with Crippen molar-refractivity contribution in [3.8, 4) is 0 Å². The lowest BCUT2D eigenvalue weighted by Gasteiger charge is -2.10. The first kappa shape index (κ1) is 14.5. The molecule has 0 fully saturated rings. The fourth-order valence-corrected chi connectivity index (χ4v) is 1.27. The zero-order chi connectivity index (χ0) is 12.6. The van der Waals surface area contributed by atoms with E-state index in [0.29, 0.717) is 5.70 Å². The number of aliphatic carboxylic acids is 1. The Kier molecular flexibility index (Phi) is 7.00. The summed E-state index contributed by atoms with van der Waals surface area (Å²) < 4.78 is 0. The van der Waals surface area contributed by atoms with Crippen LogP contribution in [0.4, 0.5) is 0 Å². The zero-order valence-corrected chi connectivity index (χ0v) is 9.66. The van der Waals surface area contributed by atoms with Gasteiger partial charge in [0.15, 0.2) is 0 Å². The Morgan fingerprint density at radius 3 is 2.56 bits per heavy atom. The fourth-order valence-electron chi connectivity index (χ4n) is 1.27. The third-order valence-corrected chi connectivity index (χ3v) is 2.25. The first-order valence-corrected chi connectivity index (χ1v) is 5.36. The van der Waals surface area contributed by atoms with Gasteiger partial charge in [-0.2, -0.15) is 0 Å². The molecule has 0 aromatic carbocycles. The Labute approximate surface area is 95.7 Å². The molecule has 1 atom stereocenters. The van der Waals surface area contributed by atoms with Gasteiger partial charge < -0.3 is 16.2 Å². The SMILES string of the molecule is C=C(N)CCCCC(C)C(=O)NCC(=O)O. The van der Waals surface area contributed by atoms with Crippen LogP contribution in [0.25, 0.3) is 0 Å². The molecule has 16 heavy (non-hydrogen) atoms. The Bertz CT molecular complexity index is 264. The number of hydrogen-bond acceptors (Lipinski definition) is 3. The molecule has 0 rings (SSSR count). The quantitative estimate of drug-likeness (QED) is 0.537. The lowest BCUT2D eigenvalue weighted by molar-refractivity contribution is -0.138. The van der Waals surface area contributed by atoms with Crippen LogP contribution in [-0.4, -0.2) is 23.5 Å². The topological polar surface area (TPSA) is 92.4 Å². The summed E-state index contributed by atoms with van der Waals surface area (Å²) in [6.07, 6.45) is 3.30. The first-order chi connectivity index (χ1) is 7.43. The average molecular weight is 228 g/mol. The molecule has 0 radical (unpaired) electrons. The number of allylic oxidation sites excluding steroid dienone is 1. The molecule has 0 heterocycles. The van der Waals surface area contributed by atoms with Crippen LogP contribution >= 0.6 is 0 Å². The Hall–Kier alpha value is -1.52. The molecule has 0 aromatic heterocycles. The van der Waals surface area contributed by atoms with E-state index in [4.69, 9.17) is 10.8 Å². The van der Waals surface area contributed by atoms with Crippen molar-refractivity contribution < 1.29 is 14.7 Å². The van der Waals surface area contributed by atoms with Crippen molar-refractivity contribution in [2.45, 2.75) is 32.6 Å². The number of rotatable bonds is 8. The highest BCUT2D eigenvalue weighted by Crippen LogP contribution is 2.10. The van der Waals surface area contributed by atoms with Crippen molar-refractivity contribution in [1.82, 2.24) is 5.32 Å². The van der Waals surface area contributed by atoms with E-state index < -0.39 is 5.97 Å². The summed E-state index contributed by atoms with van der Waals surface area (Å²) in [4.78, 5) is 21.6. The van der Waals surface area contributed by atoms with Crippen molar-refractivity contribution in [2.75, 3.05) is 6.54 Å². The molecule has 5 nitrogen and oxygen atoms in total. The molecular weight excluding hydrogens is 208 g/mol. The molecule has 92 valence electrons. The predicted molar refractivity (Wildman–Crippen MR) is 61.6 cm³/mol. The van der Waals surface area contributed by atoms with Crippen LogP contribution in [0.2, 0.25) is 0 Å². The van der Waals surface area contributed by atoms with Crippen LogP contribution < -0.4 is 11.1 Å². The summed E-state index contributed by atoms with van der Waals surface area (Å²) in [7, 11) is 0. The van der Waals surface area contributed by atoms with Crippen LogP contribution in [0.3, 0.4) is 0 Å². The highest BCUT2D eigenvalue weighted by atomic mass is 16.4. The van der Waals surface area contributed by atoms with Gasteiger partial charge in [-0.3, -0.25) is 9.59 Å². The van der Waals surface area contributed by atoms with E-state index in [1.54, 1.807) is 6.92 Å². The van der Waals surface area contributed by atoms with Crippen molar-refractivity contribution in [3.63, 3.8) is 0 Å². The molecule has 1 amide bonds. The number of carboxylic acid groups (broad SMARTS) is 1. The molecule has 0 aliphatic carbocycles. The van der Waals surface area contributed by atoms with Gasteiger partial charge >= 0.3 is 5.97 Å². The summed E-state index contributed by atoms with van der Waals surface area (Å²) in [5.74, 6) is -1.40. The normalized spacial score (nSPS) is 11.8. The van der Waals surface area contributed by atoms with Crippen LogP contribution in [0, 0.1) is 5.92 Å². The molecular formula is C11H20N2O3. The number of nitrogens with one attached hydrogen (secondary N) is 1. The maximum Gasteiger partial charge on any atom is 0.322 e. The Balaban J connectivity index is 3.62. The van der Waals surface area contributed by atoms with E-state index in [-0.39, 0.29) is 18.4 Å². The van der Waals surface area contributed by atoms with E-state index in [1.807, 2.05) is 0 Å². The monoisotopic (exact) mass is 228 g/mol. The largest absolute Gasteiger partial charge is 0.480 e. The van der Waals surface area contributed by atoms with Gasteiger partial charge in [-0.1, -0.05) is 19.9 Å². The van der Waals surface area contributed by atoms with E-state index in [2.05, 4.69) is 11.9 Å². The Morgan fingerprint density at radius 2 is 2.06 bits per heavy atom. The summed E-state index contributed by atoms with van der Waals surface area (Å²) in [5.41, 5.74) is 6.07. The van der Waals surface area contributed by atoms with Crippen LogP contribution in [0.5, 0.6) is 0 Å². The van der Waals surface area contributed by atoms with Crippen molar-refractivity contribution in [2.24, 2.45) is 11.7 Å². The number of unbranched alkanes of at least 4 members (excludes halogenated alkanes) is 1. The summed E-state index contributed by atoms with van der Waals surface area (Å²) in [6, 6.07) is 0. The second-order valence-electron chi connectivity index (χ2n) is 3.92. The highest BCUT2D eigenvalue weighted by molar-refractivity contribution is 5.82. The van der Waals surface area contributed by atoms with Gasteiger partial charge in [0.1, 0.15) is 6.54 Å². The van der Waals surface area contributed by atoms with Crippen molar-refractivity contribution in [1.29, 1.82) is 0 Å². The number of carboxylic acids is 1. The average Bonchev–Trinajstić information content (AvgIpc) is 2.20. The molecule has 0 aromatic rings. The summed E-state index contributed by atoms with van der Waals surface area (Å²) in [6.45, 7) is 5.06. The van der Waals surface area contributed by atoms with Gasteiger partial charge in [0.25, 0.3) is 0 Å². The van der Waals surface area contributed by atoms with Gasteiger partial charge in [-0.15, -0.1) is 0 Å². The highest BCUT2D eigenvalue weighted by Gasteiger charge is 2.12. The molecule has 0 spiro atoms. The van der Waals surface area contributed by atoms with E-state index in [9.17, 15) is 9.59 Å². The number of nitrogens with two attached hydrogens (primary N) is 1. The maximum absolute atomic E-state index is 11.4. The van der Waals surface area contributed by atoms with E-state index in [0.717, 1.165) is 25.7 Å². The lowest BCUT2D eigenvalue weighted by Crippen LogP contribution is -2.33. The number of hydrogen-bond donors (Lipinski definition) is 3. The molecule has 5 heteroatoms. The van der Waals surface area contributed by atoms with Gasteiger partial charge in [0.2, 0.25) is 5.91 Å². The predicted octanol–water partition coefficient (Wildman–Crippen LogP) is 0.856. The van der Waals surface area contributed by atoms with Gasteiger partial charge in [0.05, 0.1) is 0 Å². The second-order valence-corrected chi connectivity index (χ2v) is 3.92. The molecule has 1 unspecified atom stereocenters. The minimum absolute atomic E-state index is 0.162. The van der Waals surface area contributed by atoms with Gasteiger partial charge in [-0.25, -0.2) is 0 Å². The molecule has 0 saturated carbocycles. The smallest absolute Gasteiger partial charge is 0.322 e. The number of carbonyl (C=O) groups excluding carboxylic acids is 1. The van der Waals surface area contributed by atoms with Crippen LogP contribution in [-0.2, 0) is 9.59 Å². The van der Waals surface area contributed by atoms with Gasteiger partial charge in [-0.05, 0) is 19.3 Å². The summed E-state index contributed by atoms with van der Waals surface area (Å²) in [5, 5.41) is 10.7. The zero-order valence-electron chi connectivity index (χ0n) is 9.66. The molecule has 0 aliphatic heterocycles. The first-order valence-electron chi connectivity index (χ1n) is 5.36. The molecule has 0 bridgehead atoms. The fraction of sp³-hybridized carbons (Fsp3) is 0.636. The maximum atomic E-state index is 11.4. The molecule has 0 saturated heterocycles. The van der Waals surface area contributed by atoms with Crippen molar-refractivity contribution >= 4 is 11.9 Å². The Morgan fingerprint density at radius 1 is 1.44 bits per heavy atom. The third-order valence-electron chi connectivity index (χ3n) is 2.25. The van der Waals surface area contributed by atoms with Crippen molar-refractivity contribution in [3.05, 3.63) is 12.3 Å². The standard InChI is InChI=1S/C11H20N2O3/c1-8(5-3-4-6-9(2)12)11(16)13-7-10(14)15/h8H,2-7,12H2,1H3,(H,13,16)(H,14,15).